The molecule has 0 unspecified atom stereocenters. The van der Waals surface area contributed by atoms with Gasteiger partial charge in [-0.15, -0.1) is 0 Å². The Bertz CT molecular complexity index is 1190. The monoisotopic (exact) mass is 566 g/mol. The normalized spacial score (nSPS) is 20.5. The number of anilines is 3. The minimum atomic E-state index is -0.480. The van der Waals surface area contributed by atoms with Crippen LogP contribution in [0.1, 0.15) is 81.0 Å². The highest BCUT2D eigenvalue weighted by molar-refractivity contribution is 5.97. The highest BCUT2D eigenvalue weighted by Crippen LogP contribution is 2.46. The average Bonchev–Trinajstić information content (AvgIpc) is 3.53. The molecule has 1 saturated heterocycles. The number of ether oxygens (including phenoxy) is 1. The predicted molar refractivity (Wildman–Crippen MR) is 161 cm³/mol. The van der Waals surface area contributed by atoms with Crippen LogP contribution >= 0.6 is 0 Å². The lowest BCUT2D eigenvalue weighted by molar-refractivity contribution is 0.0936. The van der Waals surface area contributed by atoms with Crippen molar-refractivity contribution in [3.05, 3.63) is 34.2 Å². The molecule has 0 spiro atoms. The standard InChI is InChI=1S/C30H46N8O3/c39-26(33-21-30(12-13-30)22-38-17-7-8-18-38)24-11-10-23-20-25(24)41-19-9-15-31-14-5-3-1-2-4-6-16-32-27-35-28(34-23)37-29(40)36-27/h10-11,20,31H,1-9,12-19,21-22H2,(H,33,39)(H3,32,34,35,36,37,40). The maximum Gasteiger partial charge on any atom is 0.351 e. The number of amides is 1. The maximum absolute atomic E-state index is 13.4. The zero-order valence-electron chi connectivity index (χ0n) is 24.2. The second kappa shape index (κ2) is 14.6. The van der Waals surface area contributed by atoms with E-state index < -0.39 is 5.69 Å². The first kappa shape index (κ1) is 29.3. The van der Waals surface area contributed by atoms with Crippen LogP contribution in [0.2, 0.25) is 0 Å². The van der Waals surface area contributed by atoms with Gasteiger partial charge in [0.15, 0.2) is 0 Å². The van der Waals surface area contributed by atoms with Gasteiger partial charge in [-0.2, -0.15) is 9.97 Å². The van der Waals surface area contributed by atoms with E-state index in [-0.39, 0.29) is 17.3 Å². The molecule has 1 aromatic heterocycles. The fourth-order valence-corrected chi connectivity index (χ4v) is 5.70. The summed E-state index contributed by atoms with van der Waals surface area (Å²) in [6.45, 7) is 7.19. The summed E-state index contributed by atoms with van der Waals surface area (Å²) in [4.78, 5) is 39.1. The van der Waals surface area contributed by atoms with Crippen molar-refractivity contribution in [2.45, 2.75) is 70.6 Å². The molecule has 1 aromatic carbocycles. The number of nitrogens with zero attached hydrogens (tertiary/aromatic N) is 3. The molecule has 11 heteroatoms. The summed E-state index contributed by atoms with van der Waals surface area (Å²) in [5.74, 6) is 0.967. The van der Waals surface area contributed by atoms with E-state index in [9.17, 15) is 9.59 Å². The number of hydrogen-bond acceptors (Lipinski definition) is 9. The number of rotatable bonds is 5. The van der Waals surface area contributed by atoms with Crippen LogP contribution in [0.5, 0.6) is 5.75 Å². The molecule has 4 bridgehead atoms. The van der Waals surface area contributed by atoms with Crippen molar-refractivity contribution in [3.63, 3.8) is 0 Å². The Morgan fingerprint density at radius 2 is 1.71 bits per heavy atom. The summed E-state index contributed by atoms with van der Waals surface area (Å²) in [6, 6.07) is 5.39. The smallest absolute Gasteiger partial charge is 0.351 e. The van der Waals surface area contributed by atoms with Crippen LogP contribution in [0.4, 0.5) is 17.6 Å². The van der Waals surface area contributed by atoms with Crippen molar-refractivity contribution in [3.8, 4) is 5.75 Å². The summed E-state index contributed by atoms with van der Waals surface area (Å²) in [5, 5.41) is 13.0. The number of aromatic nitrogens is 3. The fraction of sp³-hybridized carbons (Fsp3) is 0.667. The number of likely N-dealkylation sites (tertiary alicyclic amines) is 1. The molecule has 41 heavy (non-hydrogen) atoms. The van der Waals surface area contributed by atoms with Gasteiger partial charge in [-0.3, -0.25) is 9.78 Å². The first-order valence-corrected chi connectivity index (χ1v) is 15.6. The van der Waals surface area contributed by atoms with E-state index in [0.29, 0.717) is 42.6 Å². The predicted octanol–water partition coefficient (Wildman–Crippen LogP) is 3.64. The largest absolute Gasteiger partial charge is 0.493 e. The Balaban J connectivity index is 1.27. The van der Waals surface area contributed by atoms with E-state index in [2.05, 4.69) is 41.1 Å². The molecule has 5 rings (SSSR count). The van der Waals surface area contributed by atoms with Gasteiger partial charge in [0.25, 0.3) is 5.91 Å². The molecule has 3 heterocycles. The van der Waals surface area contributed by atoms with Gasteiger partial charge in [-0.1, -0.05) is 25.7 Å². The van der Waals surface area contributed by atoms with E-state index in [0.717, 1.165) is 51.7 Å². The van der Waals surface area contributed by atoms with Gasteiger partial charge in [0.2, 0.25) is 11.9 Å². The summed E-state index contributed by atoms with van der Waals surface area (Å²) in [7, 11) is 0. The first-order valence-electron chi connectivity index (χ1n) is 15.6. The quantitative estimate of drug-likeness (QED) is 0.367. The number of hydrogen-bond donors (Lipinski definition) is 5. The van der Waals surface area contributed by atoms with E-state index >= 15 is 0 Å². The molecule has 5 N–H and O–H groups in total. The van der Waals surface area contributed by atoms with Crippen molar-refractivity contribution >= 4 is 23.5 Å². The van der Waals surface area contributed by atoms with Crippen LogP contribution in [0, 0.1) is 5.41 Å². The molecule has 1 amide bonds. The second-order valence-electron chi connectivity index (χ2n) is 11.8. The highest BCUT2D eigenvalue weighted by Gasteiger charge is 2.44. The molecule has 2 aromatic rings. The molecule has 224 valence electrons. The van der Waals surface area contributed by atoms with E-state index in [4.69, 9.17) is 4.74 Å². The third-order valence-corrected chi connectivity index (χ3v) is 8.30. The Labute approximate surface area is 242 Å². The number of carbonyl (C=O) groups excluding carboxylic acids is 1. The van der Waals surface area contributed by atoms with E-state index in [1.54, 1.807) is 12.1 Å². The van der Waals surface area contributed by atoms with Crippen molar-refractivity contribution in [1.29, 1.82) is 0 Å². The zero-order valence-corrected chi connectivity index (χ0v) is 24.2. The summed E-state index contributed by atoms with van der Waals surface area (Å²) in [5.41, 5.74) is 0.899. The SMILES string of the molecule is O=C(NCC1(CN2CCCC2)CC1)c1ccc2cc1OCCCNCCCCCCCCNc1nc([nH]c(=O)n1)N2. The van der Waals surface area contributed by atoms with Gasteiger partial charge in [0.05, 0.1) is 12.2 Å². The Morgan fingerprint density at radius 3 is 2.51 bits per heavy atom. The van der Waals surface area contributed by atoms with Gasteiger partial charge in [-0.25, -0.2) is 4.79 Å². The number of H-pyrrole nitrogens is 1. The highest BCUT2D eigenvalue weighted by atomic mass is 16.5. The van der Waals surface area contributed by atoms with Gasteiger partial charge >= 0.3 is 5.69 Å². The third kappa shape index (κ3) is 9.16. The maximum atomic E-state index is 13.4. The lowest BCUT2D eigenvalue weighted by Crippen LogP contribution is -2.37. The minimum Gasteiger partial charge on any atom is -0.493 e. The van der Waals surface area contributed by atoms with Crippen molar-refractivity contribution in [2.24, 2.45) is 5.41 Å². The number of nitrogens with one attached hydrogen (secondary N) is 5. The topological polar surface area (TPSA) is 136 Å². The van der Waals surface area contributed by atoms with Crippen molar-refractivity contribution < 1.29 is 9.53 Å². The molecule has 1 aliphatic carbocycles. The molecule has 0 radical (unpaired) electrons. The molecule has 1 saturated carbocycles. The van der Waals surface area contributed by atoms with Crippen LogP contribution in [0.3, 0.4) is 0 Å². The minimum absolute atomic E-state index is 0.121. The lowest BCUT2D eigenvalue weighted by Gasteiger charge is -2.23. The molecular weight excluding hydrogens is 520 g/mol. The molecular formula is C30H46N8O3. The average molecular weight is 567 g/mol. The fourth-order valence-electron chi connectivity index (χ4n) is 5.70. The van der Waals surface area contributed by atoms with Crippen LogP contribution in [0.15, 0.2) is 23.0 Å². The summed E-state index contributed by atoms with van der Waals surface area (Å²) < 4.78 is 6.17. The number of fused-ring (bicyclic) bond motifs is 4. The van der Waals surface area contributed by atoms with Gasteiger partial charge in [0, 0.05) is 36.8 Å². The Hall–Kier alpha value is -3.18. The number of benzene rings is 1. The third-order valence-electron chi connectivity index (χ3n) is 8.30. The number of aromatic amines is 1. The van der Waals surface area contributed by atoms with Crippen LogP contribution in [-0.4, -0.2) is 78.2 Å². The lowest BCUT2D eigenvalue weighted by atomic mass is 10.1. The molecule has 0 atom stereocenters. The zero-order chi connectivity index (χ0) is 28.3. The molecule has 2 fully saturated rings. The molecule has 2 aliphatic heterocycles. The van der Waals surface area contributed by atoms with Crippen LogP contribution < -0.4 is 31.7 Å². The summed E-state index contributed by atoms with van der Waals surface area (Å²) in [6.07, 6.45) is 12.7. The molecule has 11 nitrogen and oxygen atoms in total. The van der Waals surface area contributed by atoms with Crippen LogP contribution in [-0.2, 0) is 0 Å². The molecule has 3 aliphatic rings. The van der Waals surface area contributed by atoms with Gasteiger partial charge in [0.1, 0.15) is 5.75 Å². The van der Waals surface area contributed by atoms with Crippen LogP contribution in [0.25, 0.3) is 0 Å². The first-order chi connectivity index (χ1) is 20.1. The van der Waals surface area contributed by atoms with E-state index in [1.807, 2.05) is 6.07 Å². The Kier molecular flexibility index (Phi) is 10.5. The van der Waals surface area contributed by atoms with E-state index in [1.165, 1.54) is 51.6 Å². The van der Waals surface area contributed by atoms with Gasteiger partial charge in [-0.05, 0) is 83.3 Å². The Morgan fingerprint density at radius 1 is 0.951 bits per heavy atom. The summed E-state index contributed by atoms with van der Waals surface area (Å²) >= 11 is 0. The van der Waals surface area contributed by atoms with Crippen molar-refractivity contribution in [1.82, 2.24) is 30.5 Å². The number of carbonyl (C=O) groups is 1. The second-order valence-corrected chi connectivity index (χ2v) is 11.8. The van der Waals surface area contributed by atoms with Gasteiger partial charge < -0.3 is 30.9 Å². The van der Waals surface area contributed by atoms with Crippen molar-refractivity contribution in [2.75, 3.05) is 63.1 Å².